The molecule has 13 heavy (non-hydrogen) atoms. The van der Waals surface area contributed by atoms with Gasteiger partial charge in [-0.05, 0) is 5.75 Å². The molecule has 1 atom stereocenters. The first kappa shape index (κ1) is 12.6. The van der Waals surface area contributed by atoms with Gasteiger partial charge in [-0.25, -0.2) is 4.79 Å². The Morgan fingerprint density at radius 1 is 1.38 bits per heavy atom. The van der Waals surface area contributed by atoms with Crippen molar-refractivity contribution in [1.29, 1.82) is 0 Å². The number of rotatable bonds is 6. The number of thioether (sulfide) groups is 1. The number of hydrogen-bond donors (Lipinski definition) is 4. The lowest BCUT2D eigenvalue weighted by Crippen LogP contribution is -2.37. The lowest BCUT2D eigenvalue weighted by Gasteiger charge is -2.19. The number of hydrogen-bond acceptors (Lipinski definition) is 5. The van der Waals surface area contributed by atoms with E-state index in [1.54, 1.807) is 0 Å². The predicted octanol–water partition coefficient (Wildman–Crippen LogP) is -0.103. The Labute approximate surface area is 84.5 Å². The zero-order valence-corrected chi connectivity index (χ0v) is 8.35. The summed E-state index contributed by atoms with van der Waals surface area (Å²) < 4.78 is 0. The van der Waals surface area contributed by atoms with Crippen LogP contribution >= 0.6 is 24.4 Å². The molecule has 0 aliphatic rings. The van der Waals surface area contributed by atoms with Gasteiger partial charge in [0.25, 0.3) is 0 Å². The molecule has 5 nitrogen and oxygen atoms in total. The third-order valence-electron chi connectivity index (χ3n) is 1.16. The highest BCUT2D eigenvalue weighted by molar-refractivity contribution is 8.01. The van der Waals surface area contributed by atoms with E-state index in [9.17, 15) is 14.7 Å². The van der Waals surface area contributed by atoms with Gasteiger partial charge in [0.05, 0.1) is 6.42 Å². The Morgan fingerprint density at radius 3 is 2.23 bits per heavy atom. The van der Waals surface area contributed by atoms with E-state index >= 15 is 0 Å². The van der Waals surface area contributed by atoms with Crippen molar-refractivity contribution < 1.29 is 24.9 Å². The highest BCUT2D eigenvalue weighted by Gasteiger charge is 2.38. The largest absolute Gasteiger partial charge is 0.481 e. The molecular formula is C6H10O5S2. The van der Waals surface area contributed by atoms with Crippen molar-refractivity contribution in [2.45, 2.75) is 11.4 Å². The maximum absolute atomic E-state index is 10.5. The summed E-state index contributed by atoms with van der Waals surface area (Å²) in [6.07, 6.45) is -0.819. The van der Waals surface area contributed by atoms with E-state index in [1.807, 2.05) is 0 Å². The third-order valence-corrected chi connectivity index (χ3v) is 2.89. The summed E-state index contributed by atoms with van der Waals surface area (Å²) in [5.41, 5.74) is 0. The second-order valence-electron chi connectivity index (χ2n) is 2.23. The summed E-state index contributed by atoms with van der Waals surface area (Å²) in [5, 5.41) is 26.2. The van der Waals surface area contributed by atoms with Crippen LogP contribution in [0, 0.1) is 0 Å². The molecule has 0 saturated carbocycles. The molecule has 0 aromatic heterocycles. The lowest BCUT2D eigenvalue weighted by atomic mass is 10.2. The molecule has 0 rings (SSSR count). The summed E-state index contributed by atoms with van der Waals surface area (Å²) in [6.45, 7) is 0. The number of thiol groups is 1. The fourth-order valence-electron chi connectivity index (χ4n) is 0.608. The SMILES string of the molecule is O=C(O)CC(O)(SCCS)C(=O)O. The van der Waals surface area contributed by atoms with Crippen LogP contribution in [-0.2, 0) is 9.59 Å². The van der Waals surface area contributed by atoms with Crippen LogP contribution in [0.5, 0.6) is 0 Å². The second-order valence-corrected chi connectivity index (χ2v) is 4.05. The van der Waals surface area contributed by atoms with Gasteiger partial charge >= 0.3 is 11.9 Å². The van der Waals surface area contributed by atoms with Crippen LogP contribution in [0.3, 0.4) is 0 Å². The molecule has 0 bridgehead atoms. The molecule has 0 radical (unpaired) electrons. The maximum atomic E-state index is 10.5. The Morgan fingerprint density at radius 2 is 1.92 bits per heavy atom. The standard InChI is InChI=1S/C6H10O5S2/c7-4(8)3-6(11,5(9)10)13-2-1-12/h11-12H,1-3H2,(H,7,8)(H,9,10). The summed E-state index contributed by atoms with van der Waals surface area (Å²) in [5.74, 6) is -2.24. The summed E-state index contributed by atoms with van der Waals surface area (Å²) in [4.78, 5) is 18.5. The number of carbonyl (C=O) groups is 2. The third kappa shape index (κ3) is 4.39. The normalized spacial score (nSPS) is 14.9. The fourth-order valence-corrected chi connectivity index (χ4v) is 1.66. The Hall–Kier alpha value is -0.400. The average molecular weight is 226 g/mol. The van der Waals surface area contributed by atoms with Gasteiger partial charge in [0, 0.05) is 5.75 Å². The van der Waals surface area contributed by atoms with E-state index in [1.165, 1.54) is 0 Å². The Kier molecular flexibility index (Phi) is 5.19. The van der Waals surface area contributed by atoms with Gasteiger partial charge in [-0.2, -0.15) is 12.6 Å². The van der Waals surface area contributed by atoms with Gasteiger partial charge in [-0.1, -0.05) is 0 Å². The van der Waals surface area contributed by atoms with Crippen molar-refractivity contribution in [1.82, 2.24) is 0 Å². The minimum Gasteiger partial charge on any atom is -0.481 e. The summed E-state index contributed by atoms with van der Waals surface area (Å²) in [6, 6.07) is 0. The molecule has 0 heterocycles. The predicted molar refractivity (Wildman–Crippen MR) is 51.1 cm³/mol. The van der Waals surface area contributed by atoms with Gasteiger partial charge in [-0.15, -0.1) is 11.8 Å². The fraction of sp³-hybridized carbons (Fsp3) is 0.667. The van der Waals surface area contributed by atoms with Gasteiger partial charge in [-0.3, -0.25) is 4.79 Å². The van der Waals surface area contributed by atoms with Crippen LogP contribution in [0.15, 0.2) is 0 Å². The van der Waals surface area contributed by atoms with Crippen LogP contribution in [0.25, 0.3) is 0 Å². The van der Waals surface area contributed by atoms with E-state index in [4.69, 9.17) is 10.2 Å². The minimum atomic E-state index is -2.24. The van der Waals surface area contributed by atoms with Crippen molar-refractivity contribution in [3.05, 3.63) is 0 Å². The molecular weight excluding hydrogens is 216 g/mol. The Balaban J connectivity index is 4.34. The molecule has 0 fully saturated rings. The quantitative estimate of drug-likeness (QED) is 0.373. The number of aliphatic hydroxyl groups is 1. The van der Waals surface area contributed by atoms with Crippen LogP contribution < -0.4 is 0 Å². The van der Waals surface area contributed by atoms with Crippen LogP contribution in [-0.4, -0.2) is 43.7 Å². The van der Waals surface area contributed by atoms with Crippen LogP contribution in [0.2, 0.25) is 0 Å². The maximum Gasteiger partial charge on any atom is 0.347 e. The van der Waals surface area contributed by atoms with Gasteiger partial charge < -0.3 is 15.3 Å². The first-order chi connectivity index (χ1) is 5.92. The molecule has 7 heteroatoms. The molecule has 76 valence electrons. The molecule has 1 unspecified atom stereocenters. The molecule has 0 aromatic rings. The van der Waals surface area contributed by atoms with E-state index in [-0.39, 0.29) is 5.75 Å². The van der Waals surface area contributed by atoms with Crippen molar-refractivity contribution in [3.8, 4) is 0 Å². The number of carboxylic acid groups (broad SMARTS) is 2. The van der Waals surface area contributed by atoms with Crippen molar-refractivity contribution in [2.24, 2.45) is 0 Å². The van der Waals surface area contributed by atoms with Crippen molar-refractivity contribution in [2.75, 3.05) is 11.5 Å². The first-order valence-corrected chi connectivity index (χ1v) is 4.96. The first-order valence-electron chi connectivity index (χ1n) is 3.35. The van der Waals surface area contributed by atoms with Crippen LogP contribution in [0.4, 0.5) is 0 Å². The molecule has 0 aliphatic heterocycles. The average Bonchev–Trinajstić information content (AvgIpc) is 1.99. The molecule has 0 spiro atoms. The van der Waals surface area contributed by atoms with Gasteiger partial charge in [0.1, 0.15) is 0 Å². The molecule has 0 saturated heterocycles. The number of carboxylic acids is 2. The summed E-state index contributed by atoms with van der Waals surface area (Å²) in [7, 11) is 0. The van der Waals surface area contributed by atoms with E-state index in [0.29, 0.717) is 17.5 Å². The van der Waals surface area contributed by atoms with E-state index < -0.39 is 23.3 Å². The zero-order chi connectivity index (χ0) is 10.5. The second kappa shape index (κ2) is 5.36. The minimum absolute atomic E-state index is 0.277. The molecule has 3 N–H and O–H groups in total. The van der Waals surface area contributed by atoms with Crippen LogP contribution in [0.1, 0.15) is 6.42 Å². The molecule has 0 aliphatic carbocycles. The van der Waals surface area contributed by atoms with E-state index in [2.05, 4.69) is 12.6 Å². The zero-order valence-electron chi connectivity index (χ0n) is 6.63. The van der Waals surface area contributed by atoms with Gasteiger partial charge in [0.2, 0.25) is 4.93 Å². The van der Waals surface area contributed by atoms with E-state index in [0.717, 1.165) is 0 Å². The van der Waals surface area contributed by atoms with Crippen molar-refractivity contribution >= 4 is 36.3 Å². The number of aliphatic carboxylic acids is 2. The topological polar surface area (TPSA) is 94.8 Å². The molecule has 0 aromatic carbocycles. The summed E-state index contributed by atoms with van der Waals surface area (Å²) >= 11 is 4.48. The monoisotopic (exact) mass is 226 g/mol. The van der Waals surface area contributed by atoms with Crippen molar-refractivity contribution in [3.63, 3.8) is 0 Å². The lowest BCUT2D eigenvalue weighted by molar-refractivity contribution is -0.155. The van der Waals surface area contributed by atoms with Gasteiger partial charge in [0.15, 0.2) is 0 Å². The highest BCUT2D eigenvalue weighted by Crippen LogP contribution is 2.26. The Bertz CT molecular complexity index is 207. The smallest absolute Gasteiger partial charge is 0.347 e. The highest BCUT2D eigenvalue weighted by atomic mass is 32.2. The molecule has 0 amide bonds.